The Labute approximate surface area is 163 Å². The normalized spacial score (nSPS) is 12.9. The molecule has 1 amide bonds. The SMILES string of the molecule is CCS(=N)(=O)c1ccc(C(=O)Nc2cc(-c3ccc(F)cc3)ccc2N)cc1. The van der Waals surface area contributed by atoms with Gasteiger partial charge in [-0.25, -0.2) is 13.4 Å². The van der Waals surface area contributed by atoms with Crippen molar-refractivity contribution in [3.8, 4) is 11.1 Å². The molecule has 3 aromatic rings. The number of rotatable bonds is 5. The Balaban J connectivity index is 1.84. The predicted molar refractivity (Wildman–Crippen MR) is 110 cm³/mol. The maximum absolute atomic E-state index is 13.1. The highest BCUT2D eigenvalue weighted by molar-refractivity contribution is 7.92. The van der Waals surface area contributed by atoms with E-state index in [9.17, 15) is 13.4 Å². The number of anilines is 2. The second-order valence-corrected chi connectivity index (χ2v) is 8.65. The molecule has 28 heavy (non-hydrogen) atoms. The number of benzene rings is 3. The van der Waals surface area contributed by atoms with Crippen molar-refractivity contribution in [1.29, 1.82) is 4.78 Å². The van der Waals surface area contributed by atoms with E-state index in [0.29, 0.717) is 21.8 Å². The second-order valence-electron chi connectivity index (χ2n) is 6.25. The lowest BCUT2D eigenvalue weighted by Gasteiger charge is -2.11. The summed E-state index contributed by atoms with van der Waals surface area (Å²) in [6.45, 7) is 1.69. The molecule has 0 saturated carbocycles. The average Bonchev–Trinajstić information content (AvgIpc) is 2.70. The molecule has 0 saturated heterocycles. The minimum atomic E-state index is -2.82. The van der Waals surface area contributed by atoms with Crippen molar-refractivity contribution in [2.75, 3.05) is 16.8 Å². The van der Waals surface area contributed by atoms with Gasteiger partial charge in [0.1, 0.15) is 5.82 Å². The van der Waals surface area contributed by atoms with Gasteiger partial charge in [0.2, 0.25) is 0 Å². The first-order chi connectivity index (χ1) is 13.3. The number of hydrogen-bond donors (Lipinski definition) is 3. The fraction of sp³-hybridized carbons (Fsp3) is 0.0952. The van der Waals surface area contributed by atoms with Gasteiger partial charge in [-0.3, -0.25) is 4.79 Å². The summed E-state index contributed by atoms with van der Waals surface area (Å²) < 4.78 is 33.0. The fourth-order valence-electron chi connectivity index (χ4n) is 2.67. The van der Waals surface area contributed by atoms with Gasteiger partial charge in [-0.05, 0) is 59.7 Å². The van der Waals surface area contributed by atoms with Crippen molar-refractivity contribution >= 4 is 27.0 Å². The summed E-state index contributed by atoms with van der Waals surface area (Å²) in [6.07, 6.45) is 0. The lowest BCUT2D eigenvalue weighted by molar-refractivity contribution is 0.102. The van der Waals surface area contributed by atoms with Crippen LogP contribution in [0.4, 0.5) is 15.8 Å². The molecule has 0 aromatic heterocycles. The zero-order valence-corrected chi connectivity index (χ0v) is 16.1. The Kier molecular flexibility index (Phi) is 5.46. The van der Waals surface area contributed by atoms with Crippen LogP contribution < -0.4 is 11.1 Å². The molecule has 1 unspecified atom stereocenters. The van der Waals surface area contributed by atoms with Gasteiger partial charge in [0.25, 0.3) is 5.91 Å². The molecule has 3 aromatic carbocycles. The third kappa shape index (κ3) is 4.20. The molecule has 1 atom stereocenters. The lowest BCUT2D eigenvalue weighted by atomic mass is 10.0. The Morgan fingerprint density at radius 2 is 1.64 bits per heavy atom. The molecule has 0 bridgehead atoms. The molecule has 144 valence electrons. The van der Waals surface area contributed by atoms with Crippen molar-refractivity contribution in [1.82, 2.24) is 0 Å². The van der Waals surface area contributed by atoms with Crippen molar-refractivity contribution < 1.29 is 13.4 Å². The van der Waals surface area contributed by atoms with E-state index < -0.39 is 9.73 Å². The number of hydrogen-bond acceptors (Lipinski definition) is 4. The molecule has 0 spiro atoms. The van der Waals surface area contributed by atoms with Crippen molar-refractivity contribution in [3.05, 3.63) is 78.1 Å². The number of carbonyl (C=O) groups excluding carboxylic acids is 1. The van der Waals surface area contributed by atoms with Crippen LogP contribution in [0.15, 0.2) is 71.6 Å². The Bertz CT molecular complexity index is 1110. The highest BCUT2D eigenvalue weighted by Gasteiger charge is 2.12. The summed E-state index contributed by atoms with van der Waals surface area (Å²) >= 11 is 0. The van der Waals surface area contributed by atoms with Crippen LogP contribution in [0.2, 0.25) is 0 Å². The topological polar surface area (TPSA) is 96.0 Å². The first-order valence-electron chi connectivity index (χ1n) is 8.63. The largest absolute Gasteiger partial charge is 0.397 e. The van der Waals surface area contributed by atoms with Crippen molar-refractivity contribution in [3.63, 3.8) is 0 Å². The average molecular weight is 397 g/mol. The second kappa shape index (κ2) is 7.82. The molecular formula is C21H20FN3O2S. The maximum Gasteiger partial charge on any atom is 0.255 e. The van der Waals surface area contributed by atoms with Crippen LogP contribution in [0.5, 0.6) is 0 Å². The highest BCUT2D eigenvalue weighted by atomic mass is 32.2. The molecule has 4 N–H and O–H groups in total. The van der Waals surface area contributed by atoms with E-state index in [4.69, 9.17) is 10.5 Å². The third-order valence-electron chi connectivity index (χ3n) is 4.38. The van der Waals surface area contributed by atoms with Crippen LogP contribution in [-0.4, -0.2) is 15.9 Å². The van der Waals surface area contributed by atoms with E-state index in [1.807, 2.05) is 0 Å². The minimum Gasteiger partial charge on any atom is -0.397 e. The van der Waals surface area contributed by atoms with Crippen molar-refractivity contribution in [2.45, 2.75) is 11.8 Å². The van der Waals surface area contributed by atoms with E-state index in [1.165, 1.54) is 36.4 Å². The number of nitrogens with two attached hydrogens (primary N) is 1. The van der Waals surface area contributed by atoms with Gasteiger partial charge in [0.05, 0.1) is 21.1 Å². The minimum absolute atomic E-state index is 0.214. The molecular weight excluding hydrogens is 377 g/mol. The summed E-state index contributed by atoms with van der Waals surface area (Å²) in [5.41, 5.74) is 8.77. The lowest BCUT2D eigenvalue weighted by Crippen LogP contribution is -2.13. The summed E-state index contributed by atoms with van der Waals surface area (Å²) in [4.78, 5) is 12.9. The summed E-state index contributed by atoms with van der Waals surface area (Å²) in [5.74, 6) is -0.482. The molecule has 7 heteroatoms. The molecule has 5 nitrogen and oxygen atoms in total. The number of halogens is 1. The highest BCUT2D eigenvalue weighted by Crippen LogP contribution is 2.28. The van der Waals surface area contributed by atoms with E-state index in [2.05, 4.69) is 5.32 Å². The number of amides is 1. The number of carbonyl (C=O) groups is 1. The molecule has 0 radical (unpaired) electrons. The third-order valence-corrected chi connectivity index (χ3v) is 6.23. The smallest absolute Gasteiger partial charge is 0.255 e. The van der Waals surface area contributed by atoms with Gasteiger partial charge in [-0.1, -0.05) is 25.1 Å². The molecule has 3 rings (SSSR count). The van der Waals surface area contributed by atoms with Crippen LogP contribution in [0.1, 0.15) is 17.3 Å². The van der Waals surface area contributed by atoms with Gasteiger partial charge < -0.3 is 11.1 Å². The van der Waals surface area contributed by atoms with E-state index in [-0.39, 0.29) is 17.5 Å². The van der Waals surface area contributed by atoms with Crippen LogP contribution in [0.25, 0.3) is 11.1 Å². The number of nitrogen functional groups attached to an aromatic ring is 1. The summed E-state index contributed by atoms with van der Waals surface area (Å²) in [6, 6.07) is 17.4. The van der Waals surface area contributed by atoms with Crippen LogP contribution >= 0.6 is 0 Å². The summed E-state index contributed by atoms with van der Waals surface area (Å²) in [7, 11) is -2.82. The van der Waals surface area contributed by atoms with E-state index in [1.54, 1.807) is 37.3 Å². The Morgan fingerprint density at radius 3 is 2.25 bits per heavy atom. The first kappa shape index (κ1) is 19.6. The van der Waals surface area contributed by atoms with E-state index in [0.717, 1.165) is 11.1 Å². The molecule has 0 aliphatic heterocycles. The van der Waals surface area contributed by atoms with Gasteiger partial charge >= 0.3 is 0 Å². The zero-order chi connectivity index (χ0) is 20.3. The monoisotopic (exact) mass is 397 g/mol. The maximum atomic E-state index is 13.1. The predicted octanol–water partition coefficient (Wildman–Crippen LogP) is 4.75. The van der Waals surface area contributed by atoms with Crippen LogP contribution in [0, 0.1) is 10.6 Å². The molecule has 0 aliphatic rings. The molecule has 0 aliphatic carbocycles. The van der Waals surface area contributed by atoms with Crippen molar-refractivity contribution in [2.24, 2.45) is 0 Å². The Morgan fingerprint density at radius 1 is 1.04 bits per heavy atom. The van der Waals surface area contributed by atoms with Gasteiger partial charge in [0, 0.05) is 16.2 Å². The standard InChI is InChI=1S/C21H20FN3O2S/c1-2-28(24,27)18-10-5-15(6-11-18)21(26)25-20-13-16(7-12-19(20)23)14-3-8-17(22)9-4-14/h3-13,24H,2,23H2,1H3,(H,25,26). The fourth-order valence-corrected chi connectivity index (χ4v) is 3.58. The van der Waals surface area contributed by atoms with Gasteiger partial charge in [0.15, 0.2) is 0 Å². The zero-order valence-electron chi connectivity index (χ0n) is 15.2. The first-order valence-corrected chi connectivity index (χ1v) is 10.4. The van der Waals surface area contributed by atoms with Crippen LogP contribution in [0.3, 0.4) is 0 Å². The van der Waals surface area contributed by atoms with Crippen LogP contribution in [-0.2, 0) is 9.73 Å². The molecule has 0 heterocycles. The Hall–Kier alpha value is -3.19. The number of nitrogens with one attached hydrogen (secondary N) is 2. The van der Waals surface area contributed by atoms with E-state index >= 15 is 0 Å². The van der Waals surface area contributed by atoms with Gasteiger partial charge in [-0.2, -0.15) is 0 Å². The van der Waals surface area contributed by atoms with Gasteiger partial charge in [-0.15, -0.1) is 0 Å². The molecule has 0 fully saturated rings. The summed E-state index contributed by atoms with van der Waals surface area (Å²) in [5, 5.41) is 2.76. The quantitative estimate of drug-likeness (QED) is 0.542.